The van der Waals surface area contributed by atoms with Crippen molar-refractivity contribution in [3.05, 3.63) is 12.2 Å². The summed E-state index contributed by atoms with van der Waals surface area (Å²) in [6.45, 7) is 6.71. The molecule has 0 heterocycles. The summed E-state index contributed by atoms with van der Waals surface area (Å²) in [5, 5.41) is 0. The van der Waals surface area contributed by atoms with Gasteiger partial charge >= 0.3 is 5.97 Å². The van der Waals surface area contributed by atoms with Gasteiger partial charge in [-0.25, -0.2) is 13.2 Å². The maximum atomic E-state index is 11.1. The fourth-order valence-corrected chi connectivity index (χ4v) is 2.04. The highest BCUT2D eigenvalue weighted by Crippen LogP contribution is 2.03. The number of hydrogen-bond donors (Lipinski definition) is 0. The molecule has 0 atom stereocenters. The summed E-state index contributed by atoms with van der Waals surface area (Å²) in [4.78, 5) is 11.1. The molecule has 0 saturated heterocycles. The molecule has 0 spiro atoms. The van der Waals surface area contributed by atoms with Crippen molar-refractivity contribution in [2.45, 2.75) is 19.8 Å². The van der Waals surface area contributed by atoms with Gasteiger partial charge in [-0.2, -0.15) is 0 Å². The van der Waals surface area contributed by atoms with Gasteiger partial charge in [0, 0.05) is 24.2 Å². The van der Waals surface area contributed by atoms with Gasteiger partial charge in [-0.1, -0.05) is 6.58 Å². The van der Waals surface area contributed by atoms with Crippen LogP contribution in [-0.2, 0) is 19.6 Å². The molecule has 0 aliphatic heterocycles. The first-order valence-electron chi connectivity index (χ1n) is 6.12. The fraction of sp³-hybridized carbons (Fsp3) is 0.750. The van der Waals surface area contributed by atoms with Crippen LogP contribution >= 0.6 is 0 Å². The lowest BCUT2D eigenvalue weighted by Crippen LogP contribution is -2.42. The summed E-state index contributed by atoms with van der Waals surface area (Å²) >= 11 is 0. The SMILES string of the molecule is C=C(C)C(=O)OCCC[N+](C)(C)CCCS(=O)(=O)[O-]. The number of nitrogens with zero attached hydrogens (tertiary/aromatic N) is 1. The molecule has 0 aromatic heterocycles. The molecule has 0 aliphatic carbocycles. The first-order valence-corrected chi connectivity index (χ1v) is 7.69. The second-order valence-corrected chi connectivity index (χ2v) is 6.79. The fourth-order valence-electron chi connectivity index (χ4n) is 1.56. The van der Waals surface area contributed by atoms with Crippen LogP contribution in [0.25, 0.3) is 0 Å². The minimum Gasteiger partial charge on any atom is -0.748 e. The van der Waals surface area contributed by atoms with Crippen molar-refractivity contribution in [3.63, 3.8) is 0 Å². The van der Waals surface area contributed by atoms with Crippen molar-refractivity contribution in [2.24, 2.45) is 0 Å². The van der Waals surface area contributed by atoms with Crippen molar-refractivity contribution in [1.82, 2.24) is 0 Å². The summed E-state index contributed by atoms with van der Waals surface area (Å²) in [7, 11) is -0.247. The van der Waals surface area contributed by atoms with Gasteiger partial charge in [0.1, 0.15) is 0 Å². The van der Waals surface area contributed by atoms with E-state index in [2.05, 4.69) is 6.58 Å². The summed E-state index contributed by atoms with van der Waals surface area (Å²) in [5.74, 6) is -0.734. The molecule has 7 heteroatoms. The van der Waals surface area contributed by atoms with E-state index in [1.165, 1.54) is 0 Å². The molecule has 0 aromatic rings. The third kappa shape index (κ3) is 10.7. The minimum absolute atomic E-state index is 0.313. The Bertz CT molecular complexity index is 414. The predicted molar refractivity (Wildman–Crippen MR) is 71.4 cm³/mol. The lowest BCUT2D eigenvalue weighted by Gasteiger charge is -2.30. The molecule has 0 aromatic carbocycles. The van der Waals surface area contributed by atoms with E-state index in [4.69, 9.17) is 4.74 Å². The van der Waals surface area contributed by atoms with Gasteiger partial charge in [0.05, 0.1) is 43.9 Å². The monoisotopic (exact) mass is 293 g/mol. The Kier molecular flexibility index (Phi) is 7.25. The third-order valence-corrected chi connectivity index (χ3v) is 3.44. The van der Waals surface area contributed by atoms with Crippen LogP contribution in [0.1, 0.15) is 19.8 Å². The van der Waals surface area contributed by atoms with Gasteiger partial charge in [-0.15, -0.1) is 0 Å². The molecule has 0 fully saturated rings. The van der Waals surface area contributed by atoms with Crippen LogP contribution in [0, 0.1) is 0 Å². The van der Waals surface area contributed by atoms with Gasteiger partial charge in [0.2, 0.25) is 0 Å². The zero-order valence-corrected chi connectivity index (χ0v) is 12.7. The molecule has 0 radical (unpaired) electrons. The zero-order chi connectivity index (χ0) is 15.1. The topological polar surface area (TPSA) is 83.5 Å². The molecule has 0 bridgehead atoms. The highest BCUT2D eigenvalue weighted by atomic mass is 32.2. The van der Waals surface area contributed by atoms with Crippen molar-refractivity contribution < 1.29 is 27.0 Å². The van der Waals surface area contributed by atoms with Crippen molar-refractivity contribution >= 4 is 16.1 Å². The predicted octanol–water partition coefficient (Wildman–Crippen LogP) is 0.508. The normalized spacial score (nSPS) is 12.2. The molecule has 0 N–H and O–H groups in total. The van der Waals surface area contributed by atoms with Crippen LogP contribution in [-0.4, -0.2) is 63.0 Å². The van der Waals surface area contributed by atoms with Gasteiger partial charge in [0.15, 0.2) is 0 Å². The summed E-state index contributed by atoms with van der Waals surface area (Å²) < 4.78 is 37.0. The largest absolute Gasteiger partial charge is 0.748 e. The Hall–Kier alpha value is -0.920. The number of esters is 1. The number of carbonyl (C=O) groups excluding carboxylic acids is 1. The van der Waals surface area contributed by atoms with E-state index >= 15 is 0 Å². The third-order valence-electron chi connectivity index (χ3n) is 2.65. The highest BCUT2D eigenvalue weighted by molar-refractivity contribution is 7.85. The Balaban J connectivity index is 3.85. The smallest absolute Gasteiger partial charge is 0.333 e. The Morgan fingerprint density at radius 1 is 1.26 bits per heavy atom. The molecule has 19 heavy (non-hydrogen) atoms. The lowest BCUT2D eigenvalue weighted by molar-refractivity contribution is -0.890. The van der Waals surface area contributed by atoms with E-state index in [0.29, 0.717) is 36.0 Å². The minimum atomic E-state index is -4.13. The first-order chi connectivity index (χ1) is 8.53. The average Bonchev–Trinajstić information content (AvgIpc) is 2.21. The van der Waals surface area contributed by atoms with Crippen LogP contribution in [0.5, 0.6) is 0 Å². The van der Waals surface area contributed by atoms with Crippen LogP contribution in [0.3, 0.4) is 0 Å². The maximum Gasteiger partial charge on any atom is 0.333 e. The Morgan fingerprint density at radius 3 is 2.26 bits per heavy atom. The average molecular weight is 293 g/mol. The summed E-state index contributed by atoms with van der Waals surface area (Å²) in [5.41, 5.74) is 0.370. The number of rotatable bonds is 9. The van der Waals surface area contributed by atoms with Crippen LogP contribution in [0.2, 0.25) is 0 Å². The van der Waals surface area contributed by atoms with E-state index in [9.17, 15) is 17.8 Å². The van der Waals surface area contributed by atoms with Gasteiger partial charge in [-0.05, 0) is 6.92 Å². The molecule has 0 saturated carbocycles. The molecule has 0 unspecified atom stereocenters. The zero-order valence-electron chi connectivity index (χ0n) is 11.8. The highest BCUT2D eigenvalue weighted by Gasteiger charge is 2.15. The van der Waals surface area contributed by atoms with Gasteiger partial charge in [-0.3, -0.25) is 0 Å². The van der Waals surface area contributed by atoms with Crippen LogP contribution in [0.15, 0.2) is 12.2 Å². The number of hydrogen-bond acceptors (Lipinski definition) is 5. The van der Waals surface area contributed by atoms with Crippen LogP contribution in [0.4, 0.5) is 0 Å². The van der Waals surface area contributed by atoms with Gasteiger partial charge < -0.3 is 13.8 Å². The van der Waals surface area contributed by atoms with E-state index < -0.39 is 16.1 Å². The van der Waals surface area contributed by atoms with Crippen molar-refractivity contribution in [3.8, 4) is 0 Å². The Labute approximate surface area is 115 Å². The molecular weight excluding hydrogens is 270 g/mol. The maximum absolute atomic E-state index is 11.1. The van der Waals surface area contributed by atoms with Crippen LogP contribution < -0.4 is 0 Å². The molecule has 6 nitrogen and oxygen atoms in total. The molecular formula is C12H23NO5S. The molecule has 0 amide bonds. The van der Waals surface area contributed by atoms with E-state index in [1.54, 1.807) is 6.92 Å². The quantitative estimate of drug-likeness (QED) is 0.203. The van der Waals surface area contributed by atoms with Crippen molar-refractivity contribution in [1.29, 1.82) is 0 Å². The number of quaternary nitrogens is 1. The van der Waals surface area contributed by atoms with E-state index in [1.807, 2.05) is 14.1 Å². The second-order valence-electron chi connectivity index (χ2n) is 5.27. The number of ether oxygens (including phenoxy) is 1. The van der Waals surface area contributed by atoms with Gasteiger partial charge in [0.25, 0.3) is 0 Å². The van der Waals surface area contributed by atoms with E-state index in [-0.39, 0.29) is 5.75 Å². The van der Waals surface area contributed by atoms with E-state index in [0.717, 1.165) is 6.54 Å². The lowest BCUT2D eigenvalue weighted by atomic mass is 10.3. The second kappa shape index (κ2) is 7.62. The first kappa shape index (κ1) is 18.1. The molecule has 0 rings (SSSR count). The standard InChI is InChI=1S/C12H23NO5S/c1-11(2)12(14)18-9-5-7-13(3,4)8-6-10-19(15,16)17/h1,5-10H2,2-4H3. The summed E-state index contributed by atoms with van der Waals surface area (Å²) in [6, 6.07) is 0. The summed E-state index contributed by atoms with van der Waals surface area (Å²) in [6.07, 6.45) is 1.01. The Morgan fingerprint density at radius 2 is 1.79 bits per heavy atom. The molecule has 112 valence electrons. The van der Waals surface area contributed by atoms with Crippen molar-refractivity contribution in [2.75, 3.05) is 39.5 Å². The molecule has 0 aliphatic rings. The number of carbonyl (C=O) groups is 1.